The number of benzene rings is 1. The van der Waals surface area contributed by atoms with Crippen LogP contribution in [0, 0.1) is 0 Å². The minimum Gasteiger partial charge on any atom is -0.359 e. The second-order valence-electron chi connectivity index (χ2n) is 3.74. The van der Waals surface area contributed by atoms with Gasteiger partial charge in [0.25, 0.3) is 0 Å². The maximum Gasteiger partial charge on any atom is 0.190 e. The maximum atomic E-state index is 6.15. The highest BCUT2D eigenvalue weighted by Crippen LogP contribution is 2.30. The predicted molar refractivity (Wildman–Crippen MR) is 75.3 cm³/mol. The molecule has 1 aromatic carbocycles. The van der Waals surface area contributed by atoms with Gasteiger partial charge in [-0.15, -0.1) is 0 Å². The number of hydrogen-bond donors (Lipinski definition) is 2. The van der Waals surface area contributed by atoms with Crippen LogP contribution in [0.5, 0.6) is 0 Å². The lowest BCUT2D eigenvalue weighted by Crippen LogP contribution is -2.36. The van der Waals surface area contributed by atoms with Gasteiger partial charge in [-0.3, -0.25) is 4.99 Å². The summed E-state index contributed by atoms with van der Waals surface area (Å²) in [5.74, 6) is 0.960. The van der Waals surface area contributed by atoms with Gasteiger partial charge in [-0.25, -0.2) is 0 Å². The van der Waals surface area contributed by atoms with Crippen LogP contribution in [0.15, 0.2) is 23.2 Å². The molecule has 1 rings (SSSR count). The van der Waals surface area contributed by atoms with Crippen LogP contribution in [0.25, 0.3) is 0 Å². The average Bonchev–Trinajstić information content (AvgIpc) is 2.30. The molecule has 0 spiro atoms. The molecule has 0 fully saturated rings. The number of aliphatic imine (C=N–C) groups is 1. The summed E-state index contributed by atoms with van der Waals surface area (Å²) in [5, 5.41) is 7.55. The molecule has 0 bridgehead atoms. The first-order valence-corrected chi connectivity index (χ1v) is 6.18. The van der Waals surface area contributed by atoms with E-state index in [1.165, 1.54) is 0 Å². The van der Waals surface area contributed by atoms with Crippen LogP contribution in [-0.2, 0) is 0 Å². The Morgan fingerprint density at radius 3 is 2.41 bits per heavy atom. The summed E-state index contributed by atoms with van der Waals surface area (Å²) in [4.78, 5) is 4.05. The topological polar surface area (TPSA) is 36.4 Å². The maximum absolute atomic E-state index is 6.15. The third-order valence-corrected chi connectivity index (χ3v) is 3.19. The van der Waals surface area contributed by atoms with Crippen LogP contribution in [0.1, 0.15) is 18.4 Å². The SMILES string of the molecule is CN=C(NC)NCC(C)c1c(Cl)cccc1Cl. The molecule has 2 N–H and O–H groups in total. The summed E-state index contributed by atoms with van der Waals surface area (Å²) in [7, 11) is 3.55. The predicted octanol–water partition coefficient (Wildman–Crippen LogP) is 2.89. The largest absolute Gasteiger partial charge is 0.359 e. The first-order valence-electron chi connectivity index (χ1n) is 5.42. The van der Waals surface area contributed by atoms with Gasteiger partial charge < -0.3 is 10.6 Å². The van der Waals surface area contributed by atoms with Crippen LogP contribution >= 0.6 is 23.2 Å². The normalized spacial score (nSPS) is 13.4. The van der Waals surface area contributed by atoms with Crippen molar-refractivity contribution < 1.29 is 0 Å². The molecule has 0 aromatic heterocycles. The summed E-state index contributed by atoms with van der Waals surface area (Å²) in [6, 6.07) is 5.55. The van der Waals surface area contributed by atoms with E-state index in [1.54, 1.807) is 7.05 Å². The molecule has 0 heterocycles. The molecule has 1 unspecified atom stereocenters. The van der Waals surface area contributed by atoms with Crippen molar-refractivity contribution in [2.24, 2.45) is 4.99 Å². The van der Waals surface area contributed by atoms with Gasteiger partial charge in [-0.1, -0.05) is 36.2 Å². The Balaban J connectivity index is 2.73. The molecule has 5 heteroatoms. The van der Waals surface area contributed by atoms with Crippen molar-refractivity contribution in [3.63, 3.8) is 0 Å². The summed E-state index contributed by atoms with van der Waals surface area (Å²) >= 11 is 12.3. The zero-order valence-electron chi connectivity index (χ0n) is 10.2. The Kier molecular flexibility index (Phi) is 5.59. The highest BCUT2D eigenvalue weighted by Gasteiger charge is 2.13. The minimum absolute atomic E-state index is 0.210. The number of nitrogens with zero attached hydrogens (tertiary/aromatic N) is 1. The quantitative estimate of drug-likeness (QED) is 0.657. The smallest absolute Gasteiger partial charge is 0.190 e. The molecule has 0 aliphatic rings. The first kappa shape index (κ1) is 14.1. The Morgan fingerprint density at radius 1 is 1.35 bits per heavy atom. The van der Waals surface area contributed by atoms with E-state index in [0.717, 1.165) is 18.1 Å². The van der Waals surface area contributed by atoms with Crippen LogP contribution in [0.3, 0.4) is 0 Å². The monoisotopic (exact) mass is 273 g/mol. The fourth-order valence-corrected chi connectivity index (χ4v) is 2.38. The Labute approximate surface area is 112 Å². The summed E-state index contributed by atoms with van der Waals surface area (Å²) in [6.07, 6.45) is 0. The number of rotatable bonds is 3. The summed E-state index contributed by atoms with van der Waals surface area (Å²) < 4.78 is 0. The number of hydrogen-bond acceptors (Lipinski definition) is 1. The van der Waals surface area contributed by atoms with Gasteiger partial charge in [-0.2, -0.15) is 0 Å². The third kappa shape index (κ3) is 3.79. The second kappa shape index (κ2) is 6.72. The Bertz CT molecular complexity index is 384. The average molecular weight is 274 g/mol. The Hall–Kier alpha value is -0.930. The molecule has 1 aromatic rings. The standard InChI is InChI=1S/C12H17Cl2N3/c1-8(7-17-12(15-2)16-3)11-9(13)5-4-6-10(11)14/h4-6,8H,7H2,1-3H3,(H2,15,16,17). The Morgan fingerprint density at radius 2 is 1.94 bits per heavy atom. The molecule has 0 aliphatic carbocycles. The van der Waals surface area contributed by atoms with Gasteiger partial charge in [0.2, 0.25) is 0 Å². The number of nitrogens with one attached hydrogen (secondary N) is 2. The molecular weight excluding hydrogens is 257 g/mol. The fraction of sp³-hybridized carbons (Fsp3) is 0.417. The molecule has 3 nitrogen and oxygen atoms in total. The van der Waals surface area contributed by atoms with Crippen molar-refractivity contribution in [2.75, 3.05) is 20.6 Å². The van der Waals surface area contributed by atoms with Crippen molar-refractivity contribution in [3.05, 3.63) is 33.8 Å². The van der Waals surface area contributed by atoms with E-state index in [4.69, 9.17) is 23.2 Å². The van der Waals surface area contributed by atoms with Crippen LogP contribution in [0.4, 0.5) is 0 Å². The van der Waals surface area contributed by atoms with E-state index in [2.05, 4.69) is 22.5 Å². The van der Waals surface area contributed by atoms with Crippen molar-refractivity contribution in [1.29, 1.82) is 0 Å². The molecular formula is C12H17Cl2N3. The van der Waals surface area contributed by atoms with Crippen molar-refractivity contribution >= 4 is 29.2 Å². The highest BCUT2D eigenvalue weighted by atomic mass is 35.5. The van der Waals surface area contributed by atoms with E-state index < -0.39 is 0 Å². The van der Waals surface area contributed by atoms with Crippen molar-refractivity contribution in [1.82, 2.24) is 10.6 Å². The molecule has 94 valence electrons. The van der Waals surface area contributed by atoms with Gasteiger partial charge in [0, 0.05) is 36.6 Å². The van der Waals surface area contributed by atoms with Gasteiger partial charge in [0.1, 0.15) is 0 Å². The van der Waals surface area contributed by atoms with E-state index >= 15 is 0 Å². The minimum atomic E-state index is 0.210. The molecule has 0 saturated heterocycles. The first-order chi connectivity index (χ1) is 8.10. The zero-order chi connectivity index (χ0) is 12.8. The lowest BCUT2D eigenvalue weighted by molar-refractivity contribution is 0.709. The molecule has 1 atom stereocenters. The zero-order valence-corrected chi connectivity index (χ0v) is 11.7. The fourth-order valence-electron chi connectivity index (χ4n) is 1.61. The summed E-state index contributed by atoms with van der Waals surface area (Å²) in [6.45, 7) is 2.79. The number of guanidine groups is 1. The lowest BCUT2D eigenvalue weighted by Gasteiger charge is -2.17. The van der Waals surface area contributed by atoms with Crippen LogP contribution < -0.4 is 10.6 Å². The molecule has 0 saturated carbocycles. The van der Waals surface area contributed by atoms with Gasteiger partial charge in [0.05, 0.1) is 0 Å². The van der Waals surface area contributed by atoms with Crippen molar-refractivity contribution in [3.8, 4) is 0 Å². The van der Waals surface area contributed by atoms with Crippen LogP contribution in [0.2, 0.25) is 10.0 Å². The van der Waals surface area contributed by atoms with Gasteiger partial charge in [-0.05, 0) is 17.7 Å². The van der Waals surface area contributed by atoms with Gasteiger partial charge in [0.15, 0.2) is 5.96 Å². The van der Waals surface area contributed by atoms with E-state index in [-0.39, 0.29) is 5.92 Å². The molecule has 17 heavy (non-hydrogen) atoms. The highest BCUT2D eigenvalue weighted by molar-refractivity contribution is 6.36. The summed E-state index contributed by atoms with van der Waals surface area (Å²) in [5.41, 5.74) is 0.967. The second-order valence-corrected chi connectivity index (χ2v) is 4.55. The van der Waals surface area contributed by atoms with E-state index in [1.807, 2.05) is 25.2 Å². The van der Waals surface area contributed by atoms with E-state index in [0.29, 0.717) is 10.0 Å². The molecule has 0 radical (unpaired) electrons. The van der Waals surface area contributed by atoms with E-state index in [9.17, 15) is 0 Å². The number of halogens is 2. The third-order valence-electron chi connectivity index (χ3n) is 2.53. The van der Waals surface area contributed by atoms with Crippen LogP contribution in [-0.4, -0.2) is 26.6 Å². The lowest BCUT2D eigenvalue weighted by atomic mass is 10.0. The molecule has 0 amide bonds. The van der Waals surface area contributed by atoms with Crippen molar-refractivity contribution in [2.45, 2.75) is 12.8 Å². The molecule has 0 aliphatic heterocycles. The van der Waals surface area contributed by atoms with Gasteiger partial charge >= 0.3 is 0 Å².